The van der Waals surface area contributed by atoms with Crippen LogP contribution in [-0.4, -0.2) is 30.2 Å². The molecule has 2 aromatic heterocycles. The maximum absolute atomic E-state index is 5.62. The van der Waals surface area contributed by atoms with Gasteiger partial charge in [0.25, 0.3) is 0 Å². The lowest BCUT2D eigenvalue weighted by atomic mass is 10.3. The van der Waals surface area contributed by atoms with Gasteiger partial charge in [0.2, 0.25) is 5.88 Å². The number of rotatable bonds is 0. The number of pyridine rings is 1. The van der Waals surface area contributed by atoms with E-state index in [-0.39, 0.29) is 0 Å². The Bertz CT molecular complexity index is 492. The van der Waals surface area contributed by atoms with Crippen LogP contribution >= 0.6 is 0 Å². The second kappa shape index (κ2) is 3.15. The Balaban J connectivity index is 2.21. The molecule has 0 aliphatic carbocycles. The van der Waals surface area contributed by atoms with E-state index >= 15 is 0 Å². The predicted octanol–water partition coefficient (Wildman–Crippen LogP) is 1.78. The van der Waals surface area contributed by atoms with Gasteiger partial charge in [-0.05, 0) is 18.6 Å². The minimum atomic E-state index is 0.741. The molecular formula is C11H13N3O. The van der Waals surface area contributed by atoms with E-state index in [1.54, 1.807) is 0 Å². The third kappa shape index (κ3) is 1.33. The second-order valence-electron chi connectivity index (χ2n) is 3.85. The maximum atomic E-state index is 5.62. The fourth-order valence-corrected chi connectivity index (χ4v) is 1.92. The van der Waals surface area contributed by atoms with E-state index < -0.39 is 0 Å². The van der Waals surface area contributed by atoms with Gasteiger partial charge in [0, 0.05) is 25.2 Å². The summed E-state index contributed by atoms with van der Waals surface area (Å²) in [6.07, 6.45) is 2.94. The summed E-state index contributed by atoms with van der Waals surface area (Å²) < 4.78 is 5.62. The Labute approximate surface area is 87.9 Å². The van der Waals surface area contributed by atoms with E-state index in [0.717, 1.165) is 42.2 Å². The molecule has 78 valence electrons. The number of anilines is 1. The molecule has 0 amide bonds. The highest BCUT2D eigenvalue weighted by molar-refractivity contribution is 5.81. The average Bonchev–Trinajstić information content (AvgIpc) is 2.62. The largest absolute Gasteiger partial charge is 0.476 e. The van der Waals surface area contributed by atoms with Gasteiger partial charge in [-0.25, -0.2) is 0 Å². The molecule has 4 heteroatoms. The van der Waals surface area contributed by atoms with Crippen LogP contribution < -0.4 is 9.64 Å². The van der Waals surface area contributed by atoms with Crippen LogP contribution in [0.4, 0.5) is 5.69 Å². The van der Waals surface area contributed by atoms with Crippen LogP contribution in [0, 0.1) is 0 Å². The molecule has 3 heterocycles. The molecule has 0 bridgehead atoms. The van der Waals surface area contributed by atoms with Crippen LogP contribution in [0.25, 0.3) is 11.0 Å². The fourth-order valence-electron chi connectivity index (χ4n) is 1.92. The normalized spacial score (nSPS) is 15.9. The minimum Gasteiger partial charge on any atom is -0.476 e. The Hall–Kier alpha value is -1.71. The quantitative estimate of drug-likeness (QED) is 0.709. The molecule has 0 unspecified atom stereocenters. The number of aromatic nitrogens is 2. The lowest BCUT2D eigenvalue weighted by Gasteiger charge is -2.16. The van der Waals surface area contributed by atoms with E-state index in [1.165, 1.54) is 0 Å². The van der Waals surface area contributed by atoms with Crippen LogP contribution in [0.5, 0.6) is 5.88 Å². The SMILES string of the molecule is CN1CCCOc2nc3[nH]ccc3cc21. The van der Waals surface area contributed by atoms with Gasteiger partial charge in [0.1, 0.15) is 11.3 Å². The smallest absolute Gasteiger partial charge is 0.239 e. The zero-order valence-electron chi connectivity index (χ0n) is 8.66. The van der Waals surface area contributed by atoms with Gasteiger partial charge in [-0.3, -0.25) is 0 Å². The highest BCUT2D eigenvalue weighted by Gasteiger charge is 2.15. The zero-order chi connectivity index (χ0) is 10.3. The highest BCUT2D eigenvalue weighted by atomic mass is 16.5. The minimum absolute atomic E-state index is 0.741. The molecule has 0 fully saturated rings. The molecule has 15 heavy (non-hydrogen) atoms. The average molecular weight is 203 g/mol. The first-order valence-corrected chi connectivity index (χ1v) is 5.17. The molecule has 4 nitrogen and oxygen atoms in total. The van der Waals surface area contributed by atoms with Gasteiger partial charge >= 0.3 is 0 Å². The molecule has 0 atom stereocenters. The van der Waals surface area contributed by atoms with Gasteiger partial charge in [0.05, 0.1) is 6.61 Å². The number of hydrogen-bond donors (Lipinski definition) is 1. The third-order valence-corrected chi connectivity index (χ3v) is 2.77. The van der Waals surface area contributed by atoms with Gasteiger partial charge in [-0.2, -0.15) is 4.98 Å². The number of ether oxygens (including phenoxy) is 1. The van der Waals surface area contributed by atoms with Crippen LogP contribution in [0.3, 0.4) is 0 Å². The van der Waals surface area contributed by atoms with Crippen molar-refractivity contribution in [2.75, 3.05) is 25.1 Å². The molecule has 0 saturated heterocycles. The molecule has 1 N–H and O–H groups in total. The van der Waals surface area contributed by atoms with Crippen molar-refractivity contribution in [2.45, 2.75) is 6.42 Å². The van der Waals surface area contributed by atoms with Crippen molar-refractivity contribution in [1.82, 2.24) is 9.97 Å². The molecular weight excluding hydrogens is 190 g/mol. The number of aromatic amines is 1. The maximum Gasteiger partial charge on any atom is 0.239 e. The van der Waals surface area contributed by atoms with E-state index in [9.17, 15) is 0 Å². The number of nitrogens with zero attached hydrogens (tertiary/aromatic N) is 2. The number of nitrogens with one attached hydrogen (secondary N) is 1. The molecule has 1 aliphatic heterocycles. The van der Waals surface area contributed by atoms with Crippen molar-refractivity contribution >= 4 is 16.7 Å². The van der Waals surface area contributed by atoms with Gasteiger partial charge in [-0.15, -0.1) is 0 Å². The first-order chi connectivity index (χ1) is 7.34. The highest BCUT2D eigenvalue weighted by Crippen LogP contribution is 2.30. The van der Waals surface area contributed by atoms with E-state index in [1.807, 2.05) is 12.3 Å². The molecule has 2 aromatic rings. The van der Waals surface area contributed by atoms with Crippen molar-refractivity contribution in [3.05, 3.63) is 18.3 Å². The Morgan fingerprint density at radius 2 is 2.47 bits per heavy atom. The second-order valence-corrected chi connectivity index (χ2v) is 3.85. The van der Waals surface area contributed by atoms with Crippen LogP contribution in [0.2, 0.25) is 0 Å². The first kappa shape index (κ1) is 8.59. The van der Waals surface area contributed by atoms with Crippen molar-refractivity contribution in [2.24, 2.45) is 0 Å². The predicted molar refractivity (Wildman–Crippen MR) is 59.5 cm³/mol. The van der Waals surface area contributed by atoms with Crippen LogP contribution in [-0.2, 0) is 0 Å². The van der Waals surface area contributed by atoms with Crippen LogP contribution in [0.1, 0.15) is 6.42 Å². The van der Waals surface area contributed by atoms with Crippen molar-refractivity contribution < 1.29 is 4.74 Å². The Morgan fingerprint density at radius 1 is 1.53 bits per heavy atom. The monoisotopic (exact) mass is 203 g/mol. The van der Waals surface area contributed by atoms with Gasteiger partial charge in [-0.1, -0.05) is 0 Å². The molecule has 3 rings (SSSR count). The van der Waals surface area contributed by atoms with Crippen molar-refractivity contribution in [1.29, 1.82) is 0 Å². The van der Waals surface area contributed by atoms with Crippen molar-refractivity contribution in [3.63, 3.8) is 0 Å². The summed E-state index contributed by atoms with van der Waals surface area (Å²) in [7, 11) is 2.08. The molecule has 1 aliphatic rings. The number of fused-ring (bicyclic) bond motifs is 2. The van der Waals surface area contributed by atoms with Crippen molar-refractivity contribution in [3.8, 4) is 5.88 Å². The Kier molecular flexibility index (Phi) is 1.80. The fraction of sp³-hybridized carbons (Fsp3) is 0.364. The summed E-state index contributed by atoms with van der Waals surface area (Å²) in [5, 5.41) is 1.13. The van der Waals surface area contributed by atoms with E-state index in [2.05, 4.69) is 28.0 Å². The molecule has 0 spiro atoms. The summed E-state index contributed by atoms with van der Waals surface area (Å²) in [5.41, 5.74) is 1.98. The topological polar surface area (TPSA) is 41.1 Å². The molecule has 0 radical (unpaired) electrons. The summed E-state index contributed by atoms with van der Waals surface area (Å²) in [5.74, 6) is 0.741. The molecule has 0 aromatic carbocycles. The number of hydrogen-bond acceptors (Lipinski definition) is 3. The van der Waals surface area contributed by atoms with Gasteiger partial charge in [0.15, 0.2) is 0 Å². The molecule has 0 saturated carbocycles. The number of H-pyrrole nitrogens is 1. The summed E-state index contributed by atoms with van der Waals surface area (Å²) in [4.78, 5) is 9.76. The lowest BCUT2D eigenvalue weighted by molar-refractivity contribution is 0.312. The van der Waals surface area contributed by atoms with E-state index in [4.69, 9.17) is 4.74 Å². The third-order valence-electron chi connectivity index (χ3n) is 2.77. The van der Waals surface area contributed by atoms with Gasteiger partial charge < -0.3 is 14.6 Å². The zero-order valence-corrected chi connectivity index (χ0v) is 8.66. The summed E-state index contributed by atoms with van der Waals surface area (Å²) in [6.45, 7) is 1.77. The summed E-state index contributed by atoms with van der Waals surface area (Å²) >= 11 is 0. The Morgan fingerprint density at radius 3 is 3.40 bits per heavy atom. The first-order valence-electron chi connectivity index (χ1n) is 5.17. The van der Waals surface area contributed by atoms with Crippen LogP contribution in [0.15, 0.2) is 18.3 Å². The standard InChI is InChI=1S/C11H13N3O/c1-14-5-2-6-15-11-9(14)7-8-3-4-12-10(8)13-11/h3-4,7H,2,5-6H2,1H3,(H,12,13). The van der Waals surface area contributed by atoms with E-state index in [0.29, 0.717) is 0 Å². The lowest BCUT2D eigenvalue weighted by Crippen LogP contribution is -2.17. The summed E-state index contributed by atoms with van der Waals surface area (Å²) in [6, 6.07) is 4.15.